The molecule has 37 heavy (non-hydrogen) atoms. The van der Waals surface area contributed by atoms with Crippen molar-refractivity contribution in [1.29, 1.82) is 0 Å². The van der Waals surface area contributed by atoms with Gasteiger partial charge in [-0.1, -0.05) is 62.4 Å². The standard InChI is InChI=1S/C29H26N4O4/c1-28(2)25-10-6-7-11-26(25)32(29(28,35)21-8-4-3-5-9-21)19-20-18-23(14-17-27(20)34)31-30-22-12-15-24(16-13-22)33(36)37/h3-18,34-35H,19H2,1-2H3. The predicted octanol–water partition coefficient (Wildman–Crippen LogP) is 6.86. The van der Waals surface area contributed by atoms with Gasteiger partial charge in [0.15, 0.2) is 5.72 Å². The Hall–Kier alpha value is -4.56. The zero-order valence-corrected chi connectivity index (χ0v) is 20.4. The average Bonchev–Trinajstić information content (AvgIpc) is 3.08. The van der Waals surface area contributed by atoms with Gasteiger partial charge in [0.2, 0.25) is 0 Å². The fourth-order valence-corrected chi connectivity index (χ4v) is 5.01. The van der Waals surface area contributed by atoms with E-state index in [-0.39, 0.29) is 18.0 Å². The lowest BCUT2D eigenvalue weighted by molar-refractivity contribution is -0.384. The summed E-state index contributed by atoms with van der Waals surface area (Å²) in [6.45, 7) is 4.26. The Balaban J connectivity index is 1.51. The van der Waals surface area contributed by atoms with Crippen LogP contribution in [0.25, 0.3) is 0 Å². The first-order chi connectivity index (χ1) is 17.7. The van der Waals surface area contributed by atoms with Crippen LogP contribution in [0, 0.1) is 10.1 Å². The molecule has 0 amide bonds. The third-order valence-corrected chi connectivity index (χ3v) is 7.04. The molecule has 5 rings (SSSR count). The van der Waals surface area contributed by atoms with Crippen molar-refractivity contribution in [3.05, 3.63) is 124 Å². The first-order valence-electron chi connectivity index (χ1n) is 11.8. The maximum atomic E-state index is 12.4. The van der Waals surface area contributed by atoms with Gasteiger partial charge in [0, 0.05) is 40.9 Å². The van der Waals surface area contributed by atoms with Crippen LogP contribution in [0.5, 0.6) is 5.75 Å². The Morgan fingerprint density at radius 3 is 2.19 bits per heavy atom. The second kappa shape index (κ2) is 9.15. The van der Waals surface area contributed by atoms with Gasteiger partial charge in [-0.15, -0.1) is 0 Å². The number of non-ortho nitro benzene ring substituents is 1. The fourth-order valence-electron chi connectivity index (χ4n) is 5.01. The molecule has 0 bridgehead atoms. The van der Waals surface area contributed by atoms with E-state index in [9.17, 15) is 20.3 Å². The first kappa shape index (κ1) is 24.1. The molecule has 1 heterocycles. The number of hydrogen-bond acceptors (Lipinski definition) is 7. The van der Waals surface area contributed by atoms with E-state index in [1.54, 1.807) is 18.2 Å². The summed E-state index contributed by atoms with van der Waals surface area (Å²) in [7, 11) is 0. The number of hydrogen-bond donors (Lipinski definition) is 2. The molecule has 1 aliphatic rings. The SMILES string of the molecule is CC1(C)c2ccccc2N(Cc2cc(N=Nc3ccc([N+](=O)[O-])cc3)ccc2O)C1(O)c1ccccc1. The van der Waals surface area contributed by atoms with Crippen molar-refractivity contribution in [1.82, 2.24) is 0 Å². The van der Waals surface area contributed by atoms with E-state index in [1.165, 1.54) is 24.3 Å². The number of azo groups is 1. The number of fused-ring (bicyclic) bond motifs is 1. The molecule has 0 spiro atoms. The number of nitro groups is 1. The number of aromatic hydroxyl groups is 1. The van der Waals surface area contributed by atoms with Crippen LogP contribution in [0.3, 0.4) is 0 Å². The minimum absolute atomic E-state index is 0.0226. The number of para-hydroxylation sites is 1. The molecule has 1 atom stereocenters. The molecule has 8 heteroatoms. The average molecular weight is 495 g/mol. The van der Waals surface area contributed by atoms with E-state index in [0.717, 1.165) is 16.8 Å². The van der Waals surface area contributed by atoms with Gasteiger partial charge in [0.05, 0.1) is 16.3 Å². The molecule has 0 aromatic heterocycles. The summed E-state index contributed by atoms with van der Waals surface area (Å²) >= 11 is 0. The highest BCUT2D eigenvalue weighted by molar-refractivity contribution is 5.67. The maximum absolute atomic E-state index is 12.4. The molecule has 1 unspecified atom stereocenters. The zero-order valence-electron chi connectivity index (χ0n) is 20.4. The molecule has 0 saturated heterocycles. The molecule has 0 aliphatic carbocycles. The Morgan fingerprint density at radius 2 is 1.49 bits per heavy atom. The monoisotopic (exact) mass is 494 g/mol. The molecular formula is C29H26N4O4. The van der Waals surface area contributed by atoms with Crippen LogP contribution >= 0.6 is 0 Å². The van der Waals surface area contributed by atoms with E-state index in [2.05, 4.69) is 10.2 Å². The van der Waals surface area contributed by atoms with E-state index in [1.807, 2.05) is 73.3 Å². The summed E-state index contributed by atoms with van der Waals surface area (Å²) in [5, 5.41) is 42.4. The summed E-state index contributed by atoms with van der Waals surface area (Å²) in [5.74, 6) is 0.0758. The van der Waals surface area contributed by atoms with E-state index in [4.69, 9.17) is 0 Å². The molecule has 8 nitrogen and oxygen atoms in total. The van der Waals surface area contributed by atoms with Crippen molar-refractivity contribution in [2.45, 2.75) is 31.5 Å². The lowest BCUT2D eigenvalue weighted by Crippen LogP contribution is -2.52. The molecular weight excluding hydrogens is 468 g/mol. The Bertz CT molecular complexity index is 1490. The van der Waals surface area contributed by atoms with Gasteiger partial charge in [-0.05, 0) is 42.0 Å². The number of phenolic OH excluding ortho intramolecular Hbond substituents is 1. The van der Waals surface area contributed by atoms with Crippen molar-refractivity contribution in [3.8, 4) is 5.75 Å². The molecule has 4 aromatic carbocycles. The van der Waals surface area contributed by atoms with Crippen molar-refractivity contribution < 1.29 is 15.1 Å². The fraction of sp³-hybridized carbons (Fsp3) is 0.172. The highest BCUT2D eigenvalue weighted by Gasteiger charge is 2.57. The van der Waals surface area contributed by atoms with Crippen molar-refractivity contribution in [3.63, 3.8) is 0 Å². The summed E-state index contributed by atoms with van der Waals surface area (Å²) in [6, 6.07) is 28.1. The largest absolute Gasteiger partial charge is 0.508 e. The van der Waals surface area contributed by atoms with E-state index in [0.29, 0.717) is 16.9 Å². The Kier molecular flexibility index (Phi) is 5.97. The van der Waals surface area contributed by atoms with Crippen molar-refractivity contribution in [2.75, 3.05) is 4.90 Å². The molecule has 0 radical (unpaired) electrons. The molecule has 0 fully saturated rings. The molecule has 1 aliphatic heterocycles. The number of rotatable bonds is 6. The normalized spacial score (nSPS) is 18.2. The third-order valence-electron chi connectivity index (χ3n) is 7.04. The number of nitro benzene ring substituents is 1. The van der Waals surface area contributed by atoms with Crippen LogP contribution in [0.15, 0.2) is 107 Å². The lowest BCUT2D eigenvalue weighted by Gasteiger charge is -2.44. The van der Waals surface area contributed by atoms with Crippen LogP contribution in [-0.4, -0.2) is 15.1 Å². The van der Waals surface area contributed by atoms with Crippen molar-refractivity contribution in [2.24, 2.45) is 10.2 Å². The maximum Gasteiger partial charge on any atom is 0.269 e. The van der Waals surface area contributed by atoms with Crippen molar-refractivity contribution >= 4 is 22.7 Å². The van der Waals surface area contributed by atoms with Gasteiger partial charge in [-0.3, -0.25) is 10.1 Å². The third kappa shape index (κ3) is 4.11. The lowest BCUT2D eigenvalue weighted by atomic mass is 9.74. The number of benzene rings is 4. The van der Waals surface area contributed by atoms with Crippen LogP contribution < -0.4 is 4.90 Å². The topological polar surface area (TPSA) is 112 Å². The van der Waals surface area contributed by atoms with Gasteiger partial charge in [0.25, 0.3) is 5.69 Å². The number of nitrogens with zero attached hydrogens (tertiary/aromatic N) is 4. The smallest absolute Gasteiger partial charge is 0.269 e. The highest BCUT2D eigenvalue weighted by atomic mass is 16.6. The highest BCUT2D eigenvalue weighted by Crippen LogP contribution is 2.56. The van der Waals surface area contributed by atoms with Gasteiger partial charge >= 0.3 is 0 Å². The van der Waals surface area contributed by atoms with Gasteiger partial charge in [0.1, 0.15) is 5.75 Å². The molecule has 186 valence electrons. The molecule has 0 saturated carbocycles. The summed E-state index contributed by atoms with van der Waals surface area (Å²) in [6.07, 6.45) is 0. The summed E-state index contributed by atoms with van der Waals surface area (Å²) in [5.41, 5.74) is 2.15. The Labute approximate surface area is 214 Å². The minimum Gasteiger partial charge on any atom is -0.508 e. The minimum atomic E-state index is -1.37. The van der Waals surface area contributed by atoms with Crippen LogP contribution in [0.2, 0.25) is 0 Å². The number of aliphatic hydroxyl groups is 1. The quantitative estimate of drug-likeness (QED) is 0.173. The van der Waals surface area contributed by atoms with Crippen LogP contribution in [-0.2, 0) is 17.7 Å². The van der Waals surface area contributed by atoms with Crippen LogP contribution in [0.4, 0.5) is 22.7 Å². The Morgan fingerprint density at radius 1 is 0.865 bits per heavy atom. The molecule has 2 N–H and O–H groups in total. The van der Waals surface area contributed by atoms with Crippen LogP contribution in [0.1, 0.15) is 30.5 Å². The zero-order chi connectivity index (χ0) is 26.2. The van der Waals surface area contributed by atoms with E-state index < -0.39 is 16.1 Å². The van der Waals surface area contributed by atoms with Gasteiger partial charge in [-0.25, -0.2) is 0 Å². The number of phenols is 1. The number of anilines is 1. The molecule has 4 aromatic rings. The first-order valence-corrected chi connectivity index (χ1v) is 11.8. The predicted molar refractivity (Wildman–Crippen MR) is 141 cm³/mol. The van der Waals surface area contributed by atoms with E-state index >= 15 is 0 Å². The second-order valence-electron chi connectivity index (χ2n) is 9.55. The van der Waals surface area contributed by atoms with Gasteiger partial charge < -0.3 is 15.1 Å². The van der Waals surface area contributed by atoms with Gasteiger partial charge in [-0.2, -0.15) is 10.2 Å². The second-order valence-corrected chi connectivity index (χ2v) is 9.55. The summed E-state index contributed by atoms with van der Waals surface area (Å²) in [4.78, 5) is 12.3. The summed E-state index contributed by atoms with van der Waals surface area (Å²) < 4.78 is 0.